The topological polar surface area (TPSA) is 51.1 Å². The summed E-state index contributed by atoms with van der Waals surface area (Å²) in [5.74, 6) is 0.621. The highest BCUT2D eigenvalue weighted by atomic mass is 32.2. The number of amidine groups is 1. The first kappa shape index (κ1) is 19.7. The van der Waals surface area contributed by atoms with Crippen LogP contribution in [0.3, 0.4) is 0 Å². The second kappa shape index (κ2) is 8.84. The zero-order chi connectivity index (χ0) is 20.2. The predicted octanol–water partition coefficient (Wildman–Crippen LogP) is 4.35. The Kier molecular flexibility index (Phi) is 6.02. The van der Waals surface area contributed by atoms with Crippen molar-refractivity contribution in [1.29, 1.82) is 0 Å². The molecule has 150 valence electrons. The molecule has 0 N–H and O–H groups in total. The molecule has 2 aromatic carbocycles. The number of thioether (sulfide) groups is 1. The number of ether oxygens (including phenoxy) is 2. The van der Waals surface area contributed by atoms with E-state index in [2.05, 4.69) is 9.89 Å². The van der Waals surface area contributed by atoms with Gasteiger partial charge in [0.1, 0.15) is 12.4 Å². The lowest BCUT2D eigenvalue weighted by atomic mass is 10.2. The molecule has 2 aliphatic rings. The average Bonchev–Trinajstić information content (AvgIpc) is 3.08. The minimum atomic E-state index is -0.179. The van der Waals surface area contributed by atoms with Gasteiger partial charge in [0.25, 0.3) is 5.91 Å². The highest BCUT2D eigenvalue weighted by molar-refractivity contribution is 8.18. The quantitative estimate of drug-likeness (QED) is 0.704. The van der Waals surface area contributed by atoms with Crippen LogP contribution < -0.4 is 4.74 Å². The second-order valence-corrected chi connectivity index (χ2v) is 8.32. The third kappa shape index (κ3) is 5.08. The van der Waals surface area contributed by atoms with Crippen LogP contribution in [-0.2, 0) is 16.1 Å². The fourth-order valence-corrected chi connectivity index (χ4v) is 4.35. The largest absolute Gasteiger partial charge is 0.489 e. The Bertz CT molecular complexity index is 915. The maximum atomic E-state index is 12.4. The molecule has 2 atom stereocenters. The molecule has 0 saturated carbocycles. The van der Waals surface area contributed by atoms with Gasteiger partial charge in [-0.15, -0.1) is 0 Å². The van der Waals surface area contributed by atoms with Crippen molar-refractivity contribution in [3.8, 4) is 5.75 Å². The molecule has 5 nitrogen and oxygen atoms in total. The number of carbonyl (C=O) groups excluding carboxylic acids is 1. The molecule has 2 heterocycles. The van der Waals surface area contributed by atoms with Gasteiger partial charge in [0.2, 0.25) is 0 Å². The molecule has 0 radical (unpaired) electrons. The summed E-state index contributed by atoms with van der Waals surface area (Å²) >= 11 is 1.44. The minimum absolute atomic E-state index is 0.133. The van der Waals surface area contributed by atoms with Crippen LogP contribution in [0.4, 0.5) is 0 Å². The molecule has 0 unspecified atom stereocenters. The summed E-state index contributed by atoms with van der Waals surface area (Å²) in [7, 11) is 0. The standard InChI is InChI=1S/C23H24N2O3S/c1-16-13-25(14-17(2)28-16)23-24-22(26)21(29-23)12-18-8-10-20(11-9-18)27-15-19-6-4-3-5-7-19/h3-12,16-17H,13-15H2,1-2H3/b21-12+/t16-,17-/m1/s1. The molecular weight excluding hydrogens is 384 g/mol. The summed E-state index contributed by atoms with van der Waals surface area (Å²) in [4.78, 5) is 19.4. The van der Waals surface area contributed by atoms with E-state index < -0.39 is 0 Å². The van der Waals surface area contributed by atoms with E-state index in [9.17, 15) is 4.79 Å². The molecule has 1 saturated heterocycles. The fraction of sp³-hybridized carbons (Fsp3) is 0.304. The summed E-state index contributed by atoms with van der Waals surface area (Å²) in [6, 6.07) is 17.8. The van der Waals surface area contributed by atoms with E-state index in [1.54, 1.807) is 0 Å². The number of benzene rings is 2. The van der Waals surface area contributed by atoms with Gasteiger partial charge in [-0.05, 0) is 54.9 Å². The van der Waals surface area contributed by atoms with Crippen molar-refractivity contribution < 1.29 is 14.3 Å². The molecule has 29 heavy (non-hydrogen) atoms. The van der Waals surface area contributed by atoms with Crippen LogP contribution in [0.25, 0.3) is 6.08 Å². The lowest BCUT2D eigenvalue weighted by molar-refractivity contribution is -0.113. The molecule has 6 heteroatoms. The molecule has 2 aromatic rings. The molecule has 0 spiro atoms. The number of hydrogen-bond donors (Lipinski definition) is 0. The molecule has 0 bridgehead atoms. The van der Waals surface area contributed by atoms with Crippen LogP contribution in [0.1, 0.15) is 25.0 Å². The highest BCUT2D eigenvalue weighted by Crippen LogP contribution is 2.31. The summed E-state index contributed by atoms with van der Waals surface area (Å²) in [5.41, 5.74) is 2.08. The van der Waals surface area contributed by atoms with Crippen molar-refractivity contribution in [2.24, 2.45) is 4.99 Å². The van der Waals surface area contributed by atoms with Crippen molar-refractivity contribution in [3.63, 3.8) is 0 Å². The van der Waals surface area contributed by atoms with Gasteiger partial charge in [0.05, 0.1) is 17.1 Å². The van der Waals surface area contributed by atoms with Gasteiger partial charge in [-0.1, -0.05) is 42.5 Å². The van der Waals surface area contributed by atoms with E-state index in [0.717, 1.165) is 35.1 Å². The van der Waals surface area contributed by atoms with Gasteiger partial charge >= 0.3 is 0 Å². The van der Waals surface area contributed by atoms with E-state index in [-0.39, 0.29) is 18.1 Å². The van der Waals surface area contributed by atoms with Crippen LogP contribution in [0, 0.1) is 0 Å². The zero-order valence-corrected chi connectivity index (χ0v) is 17.4. The molecule has 1 amide bonds. The Balaban J connectivity index is 1.37. The first-order valence-electron chi connectivity index (χ1n) is 9.76. The van der Waals surface area contributed by atoms with E-state index in [1.807, 2.05) is 74.5 Å². The Morgan fingerprint density at radius 2 is 1.79 bits per heavy atom. The van der Waals surface area contributed by atoms with Crippen molar-refractivity contribution >= 4 is 28.9 Å². The third-order valence-corrected chi connectivity index (χ3v) is 5.77. The number of aliphatic imine (C=N–C) groups is 1. The Morgan fingerprint density at radius 3 is 2.48 bits per heavy atom. The van der Waals surface area contributed by atoms with E-state index in [0.29, 0.717) is 11.5 Å². The second-order valence-electron chi connectivity index (χ2n) is 7.32. The Morgan fingerprint density at radius 1 is 1.10 bits per heavy atom. The zero-order valence-electron chi connectivity index (χ0n) is 16.6. The maximum Gasteiger partial charge on any atom is 0.286 e. The lowest BCUT2D eigenvalue weighted by Gasteiger charge is -2.35. The molecule has 0 aliphatic carbocycles. The SMILES string of the molecule is C[C@@H]1CN(C2=NC(=O)/C(=C\c3ccc(OCc4ccccc4)cc3)S2)C[C@@H](C)O1. The maximum absolute atomic E-state index is 12.4. The van der Waals surface area contributed by atoms with Gasteiger partial charge in [0, 0.05) is 13.1 Å². The van der Waals surface area contributed by atoms with Crippen molar-refractivity contribution in [3.05, 3.63) is 70.6 Å². The number of amides is 1. The van der Waals surface area contributed by atoms with Crippen molar-refractivity contribution in [2.75, 3.05) is 13.1 Å². The van der Waals surface area contributed by atoms with Crippen LogP contribution in [0.15, 0.2) is 64.5 Å². The number of morpholine rings is 1. The molecule has 0 aromatic heterocycles. The van der Waals surface area contributed by atoms with Crippen LogP contribution in [0.2, 0.25) is 0 Å². The monoisotopic (exact) mass is 408 g/mol. The molecule has 4 rings (SSSR count). The van der Waals surface area contributed by atoms with Gasteiger partial charge in [-0.3, -0.25) is 4.79 Å². The van der Waals surface area contributed by atoms with Crippen LogP contribution in [-0.4, -0.2) is 41.3 Å². The average molecular weight is 409 g/mol. The predicted molar refractivity (Wildman–Crippen MR) is 117 cm³/mol. The van der Waals surface area contributed by atoms with Gasteiger partial charge in [0.15, 0.2) is 5.17 Å². The van der Waals surface area contributed by atoms with Gasteiger partial charge in [-0.25, -0.2) is 0 Å². The third-order valence-electron chi connectivity index (χ3n) is 4.73. The fourth-order valence-electron chi connectivity index (χ4n) is 3.42. The number of hydrogen-bond acceptors (Lipinski definition) is 5. The highest BCUT2D eigenvalue weighted by Gasteiger charge is 2.30. The van der Waals surface area contributed by atoms with Gasteiger partial charge in [-0.2, -0.15) is 4.99 Å². The van der Waals surface area contributed by atoms with Crippen LogP contribution in [0.5, 0.6) is 5.75 Å². The Hall–Kier alpha value is -2.57. The lowest BCUT2D eigenvalue weighted by Crippen LogP contribution is -2.47. The molecule has 2 aliphatic heterocycles. The normalized spacial score (nSPS) is 23.4. The van der Waals surface area contributed by atoms with Crippen molar-refractivity contribution in [2.45, 2.75) is 32.7 Å². The number of carbonyl (C=O) groups is 1. The summed E-state index contributed by atoms with van der Waals surface area (Å²) in [6.07, 6.45) is 2.15. The van der Waals surface area contributed by atoms with E-state index in [4.69, 9.17) is 9.47 Å². The van der Waals surface area contributed by atoms with Gasteiger partial charge < -0.3 is 14.4 Å². The molecular formula is C23H24N2O3S. The molecule has 1 fully saturated rings. The van der Waals surface area contributed by atoms with E-state index >= 15 is 0 Å². The number of nitrogens with zero attached hydrogens (tertiary/aromatic N) is 2. The first-order chi connectivity index (χ1) is 14.1. The minimum Gasteiger partial charge on any atom is -0.489 e. The first-order valence-corrected chi connectivity index (χ1v) is 10.6. The van der Waals surface area contributed by atoms with Crippen LogP contribution >= 0.6 is 11.8 Å². The Labute approximate surface area is 175 Å². The summed E-state index contributed by atoms with van der Waals surface area (Å²) in [5, 5.41) is 0.770. The van der Waals surface area contributed by atoms with E-state index in [1.165, 1.54) is 11.8 Å². The number of rotatable bonds is 4. The summed E-state index contributed by atoms with van der Waals surface area (Å²) in [6.45, 7) is 6.13. The smallest absolute Gasteiger partial charge is 0.286 e. The summed E-state index contributed by atoms with van der Waals surface area (Å²) < 4.78 is 11.6. The van der Waals surface area contributed by atoms with Crippen molar-refractivity contribution in [1.82, 2.24) is 4.90 Å².